The monoisotopic (exact) mass is 466 g/mol. The summed E-state index contributed by atoms with van der Waals surface area (Å²) in [5.41, 5.74) is 1.36. The number of thiazole rings is 1. The van der Waals surface area contributed by atoms with Crippen LogP contribution in [0.3, 0.4) is 0 Å². The minimum Gasteiger partial charge on any atom is -0.507 e. The van der Waals surface area contributed by atoms with Crippen LogP contribution < -0.4 is 5.32 Å². The van der Waals surface area contributed by atoms with Gasteiger partial charge in [-0.25, -0.2) is 9.78 Å². The fraction of sp³-hybridized carbons (Fsp3) is 0.0556. The van der Waals surface area contributed by atoms with E-state index in [1.807, 2.05) is 18.2 Å². The molecule has 0 fully saturated rings. The molecule has 138 valence electrons. The molecule has 2 aromatic carbocycles. The SMILES string of the molecule is O=C(COC(=O)c1cc(Br)ccc1O)Nc1nc(-c2ccccc2Cl)cs1. The zero-order valence-corrected chi connectivity index (χ0v) is 16.8. The van der Waals surface area contributed by atoms with Crippen molar-refractivity contribution in [1.29, 1.82) is 0 Å². The van der Waals surface area contributed by atoms with Crippen molar-refractivity contribution >= 4 is 55.9 Å². The maximum atomic E-state index is 12.0. The molecule has 1 amide bonds. The average Bonchev–Trinajstić information content (AvgIpc) is 3.10. The van der Waals surface area contributed by atoms with Gasteiger partial charge in [-0.05, 0) is 24.3 Å². The molecule has 2 N–H and O–H groups in total. The Labute approximate surface area is 171 Å². The summed E-state index contributed by atoms with van der Waals surface area (Å²) in [6.45, 7) is -0.508. The summed E-state index contributed by atoms with van der Waals surface area (Å²) < 4.78 is 5.54. The van der Waals surface area contributed by atoms with Crippen LogP contribution in [0.4, 0.5) is 5.13 Å². The van der Waals surface area contributed by atoms with Gasteiger partial charge in [0.2, 0.25) is 0 Å². The largest absolute Gasteiger partial charge is 0.507 e. The highest BCUT2D eigenvalue weighted by Gasteiger charge is 2.16. The zero-order valence-electron chi connectivity index (χ0n) is 13.6. The minimum atomic E-state index is -0.806. The topological polar surface area (TPSA) is 88.5 Å². The third-order valence-corrected chi connectivity index (χ3v) is 4.99. The van der Waals surface area contributed by atoms with Gasteiger partial charge in [-0.3, -0.25) is 10.1 Å². The predicted octanol–water partition coefficient (Wildman–Crippen LogP) is 4.73. The molecule has 1 heterocycles. The van der Waals surface area contributed by atoms with E-state index >= 15 is 0 Å². The lowest BCUT2D eigenvalue weighted by Crippen LogP contribution is -2.20. The van der Waals surface area contributed by atoms with Gasteiger partial charge in [-0.1, -0.05) is 45.7 Å². The Morgan fingerprint density at radius 1 is 1.26 bits per heavy atom. The van der Waals surface area contributed by atoms with E-state index < -0.39 is 18.5 Å². The summed E-state index contributed by atoms with van der Waals surface area (Å²) in [6, 6.07) is 11.6. The third-order valence-electron chi connectivity index (χ3n) is 3.41. The Kier molecular flexibility index (Phi) is 6.10. The lowest BCUT2D eigenvalue weighted by Gasteiger charge is -2.06. The van der Waals surface area contributed by atoms with E-state index in [2.05, 4.69) is 26.2 Å². The fourth-order valence-electron chi connectivity index (χ4n) is 2.16. The number of hydrogen-bond acceptors (Lipinski definition) is 6. The van der Waals surface area contributed by atoms with Crippen LogP contribution in [-0.4, -0.2) is 28.6 Å². The maximum absolute atomic E-state index is 12.0. The van der Waals surface area contributed by atoms with Gasteiger partial charge in [0, 0.05) is 20.4 Å². The Morgan fingerprint density at radius 2 is 2.04 bits per heavy atom. The number of carbonyl (C=O) groups excluding carboxylic acids is 2. The van der Waals surface area contributed by atoms with Crippen LogP contribution in [0.25, 0.3) is 11.3 Å². The molecule has 0 radical (unpaired) electrons. The van der Waals surface area contributed by atoms with E-state index in [0.29, 0.717) is 20.3 Å². The van der Waals surface area contributed by atoms with Crippen molar-refractivity contribution in [3.63, 3.8) is 0 Å². The molecule has 0 saturated heterocycles. The number of aromatic nitrogens is 1. The molecular weight excluding hydrogens is 456 g/mol. The Bertz CT molecular complexity index is 1010. The Hall–Kier alpha value is -2.42. The second-order valence-electron chi connectivity index (χ2n) is 5.30. The number of phenolic OH excluding ortho intramolecular Hbond substituents is 1. The predicted molar refractivity (Wildman–Crippen MR) is 107 cm³/mol. The number of nitrogens with zero attached hydrogens (tertiary/aromatic N) is 1. The number of halogens is 2. The molecular formula is C18H12BrClN2O4S. The number of nitrogens with one attached hydrogen (secondary N) is 1. The average molecular weight is 468 g/mol. The number of esters is 1. The Balaban J connectivity index is 1.59. The molecule has 1 aromatic heterocycles. The standard InChI is InChI=1S/C18H12BrClN2O4S/c19-10-5-6-15(23)12(7-10)17(25)26-8-16(24)22-18-21-14(9-27-18)11-3-1-2-4-13(11)20/h1-7,9,23H,8H2,(H,21,22,24). The van der Waals surface area contributed by atoms with Gasteiger partial charge in [0.05, 0.1) is 5.69 Å². The first kappa shape index (κ1) is 19.3. The summed E-state index contributed by atoms with van der Waals surface area (Å²) in [4.78, 5) is 28.3. The van der Waals surface area contributed by atoms with E-state index in [9.17, 15) is 14.7 Å². The molecule has 0 unspecified atom stereocenters. The number of ether oxygens (including phenoxy) is 1. The van der Waals surface area contributed by atoms with E-state index in [-0.39, 0.29) is 11.3 Å². The molecule has 3 aromatic rings. The van der Waals surface area contributed by atoms with Crippen molar-refractivity contribution in [2.75, 3.05) is 11.9 Å². The van der Waals surface area contributed by atoms with Gasteiger partial charge in [0.1, 0.15) is 11.3 Å². The van der Waals surface area contributed by atoms with Crippen molar-refractivity contribution in [3.8, 4) is 17.0 Å². The second kappa shape index (κ2) is 8.51. The molecule has 0 aliphatic heterocycles. The van der Waals surface area contributed by atoms with Gasteiger partial charge in [-0.15, -0.1) is 11.3 Å². The number of phenols is 1. The molecule has 27 heavy (non-hydrogen) atoms. The van der Waals surface area contributed by atoms with Crippen molar-refractivity contribution < 1.29 is 19.4 Å². The van der Waals surface area contributed by atoms with E-state index in [1.165, 1.54) is 23.5 Å². The van der Waals surface area contributed by atoms with Gasteiger partial charge in [-0.2, -0.15) is 0 Å². The van der Waals surface area contributed by atoms with Crippen LogP contribution in [0.1, 0.15) is 10.4 Å². The number of aromatic hydroxyl groups is 1. The summed E-state index contributed by atoms with van der Waals surface area (Å²) in [5.74, 6) is -1.58. The number of carbonyl (C=O) groups is 2. The lowest BCUT2D eigenvalue weighted by atomic mass is 10.2. The summed E-state index contributed by atoms with van der Waals surface area (Å²) in [7, 11) is 0. The van der Waals surface area contributed by atoms with Crippen LogP contribution in [0.5, 0.6) is 5.75 Å². The highest BCUT2D eigenvalue weighted by atomic mass is 79.9. The number of anilines is 1. The molecule has 0 bridgehead atoms. The highest BCUT2D eigenvalue weighted by molar-refractivity contribution is 9.10. The third kappa shape index (κ3) is 4.85. The number of benzene rings is 2. The Morgan fingerprint density at radius 3 is 2.81 bits per heavy atom. The molecule has 6 nitrogen and oxygen atoms in total. The van der Waals surface area contributed by atoms with Crippen molar-refractivity contribution in [2.24, 2.45) is 0 Å². The van der Waals surface area contributed by atoms with Gasteiger partial charge < -0.3 is 9.84 Å². The molecule has 0 saturated carbocycles. The van der Waals surface area contributed by atoms with Crippen molar-refractivity contribution in [2.45, 2.75) is 0 Å². The maximum Gasteiger partial charge on any atom is 0.342 e. The summed E-state index contributed by atoms with van der Waals surface area (Å²) >= 11 is 10.6. The van der Waals surface area contributed by atoms with Gasteiger partial charge >= 0.3 is 5.97 Å². The van der Waals surface area contributed by atoms with E-state index in [4.69, 9.17) is 16.3 Å². The number of amides is 1. The highest BCUT2D eigenvalue weighted by Crippen LogP contribution is 2.30. The smallest absolute Gasteiger partial charge is 0.342 e. The van der Waals surface area contributed by atoms with Crippen LogP contribution in [0.2, 0.25) is 5.02 Å². The van der Waals surface area contributed by atoms with E-state index in [0.717, 1.165) is 5.56 Å². The first-order valence-corrected chi connectivity index (χ1v) is 9.65. The first-order valence-electron chi connectivity index (χ1n) is 7.60. The van der Waals surface area contributed by atoms with Crippen molar-refractivity contribution in [3.05, 3.63) is 62.9 Å². The summed E-state index contributed by atoms with van der Waals surface area (Å²) in [6.07, 6.45) is 0. The number of hydrogen-bond donors (Lipinski definition) is 2. The van der Waals surface area contributed by atoms with Crippen LogP contribution in [0.15, 0.2) is 52.3 Å². The van der Waals surface area contributed by atoms with E-state index in [1.54, 1.807) is 17.5 Å². The van der Waals surface area contributed by atoms with Crippen LogP contribution in [-0.2, 0) is 9.53 Å². The summed E-state index contributed by atoms with van der Waals surface area (Å²) in [5, 5.41) is 14.9. The van der Waals surface area contributed by atoms with Crippen molar-refractivity contribution in [1.82, 2.24) is 4.98 Å². The normalized spacial score (nSPS) is 10.4. The quantitative estimate of drug-likeness (QED) is 0.530. The zero-order chi connectivity index (χ0) is 19.4. The molecule has 0 atom stereocenters. The molecule has 3 rings (SSSR count). The molecule has 0 aliphatic rings. The van der Waals surface area contributed by atoms with Gasteiger partial charge in [0.25, 0.3) is 5.91 Å². The van der Waals surface area contributed by atoms with Gasteiger partial charge in [0.15, 0.2) is 11.7 Å². The first-order chi connectivity index (χ1) is 12.9. The van der Waals surface area contributed by atoms with Crippen LogP contribution in [0, 0.1) is 0 Å². The lowest BCUT2D eigenvalue weighted by molar-refractivity contribution is -0.119. The molecule has 0 spiro atoms. The minimum absolute atomic E-state index is 0.0348. The molecule has 9 heteroatoms. The van der Waals surface area contributed by atoms with Crippen LogP contribution >= 0.6 is 38.9 Å². The fourth-order valence-corrected chi connectivity index (χ4v) is 3.48. The molecule has 0 aliphatic carbocycles. The number of rotatable bonds is 5. The second-order valence-corrected chi connectivity index (χ2v) is 7.48.